The van der Waals surface area contributed by atoms with Crippen LogP contribution in [0, 0.1) is 6.92 Å². The van der Waals surface area contributed by atoms with E-state index in [2.05, 4.69) is 30.5 Å². The molecule has 3 N–H and O–H groups in total. The number of nitrogen functional groups attached to an aromatic ring is 1. The van der Waals surface area contributed by atoms with Crippen LogP contribution in [0.4, 0.5) is 5.69 Å². The summed E-state index contributed by atoms with van der Waals surface area (Å²) >= 11 is 0. The Hall–Kier alpha value is -1.54. The Bertz CT molecular complexity index is 435. The van der Waals surface area contributed by atoms with Gasteiger partial charge in [-0.25, -0.2) is 0 Å². The zero-order valence-electron chi connectivity index (χ0n) is 7.54. The highest BCUT2D eigenvalue weighted by Crippen LogP contribution is 2.24. The quantitative estimate of drug-likeness (QED) is 0.512. The van der Waals surface area contributed by atoms with Crippen molar-refractivity contribution in [1.29, 1.82) is 0 Å². The number of nitrogens with one attached hydrogen (secondary N) is 1. The fraction of sp³-hybridized carbons (Fsp3) is 0.0909. The lowest BCUT2D eigenvalue weighted by Gasteiger charge is -2.07. The van der Waals surface area contributed by atoms with Crippen molar-refractivity contribution in [2.75, 3.05) is 5.43 Å². The van der Waals surface area contributed by atoms with Crippen molar-refractivity contribution in [3.8, 4) is 0 Å². The van der Waals surface area contributed by atoms with Crippen LogP contribution in [0.15, 0.2) is 36.4 Å². The van der Waals surface area contributed by atoms with E-state index in [0.29, 0.717) is 0 Å². The first-order chi connectivity index (χ1) is 6.33. The third-order valence-electron chi connectivity index (χ3n) is 2.35. The summed E-state index contributed by atoms with van der Waals surface area (Å²) in [5, 5.41) is 2.50. The second kappa shape index (κ2) is 3.07. The van der Waals surface area contributed by atoms with Gasteiger partial charge in [-0.15, -0.1) is 0 Å². The highest BCUT2D eigenvalue weighted by atomic mass is 15.2. The standard InChI is InChI=1S/C11H12N2/c1-8-10-5-3-2-4-9(10)6-7-11(8)13-12/h2-7,13H,12H2,1H3. The van der Waals surface area contributed by atoms with Gasteiger partial charge in [0.15, 0.2) is 0 Å². The lowest BCUT2D eigenvalue weighted by Crippen LogP contribution is -2.07. The maximum absolute atomic E-state index is 5.39. The highest BCUT2D eigenvalue weighted by Gasteiger charge is 2.00. The molecule has 0 bridgehead atoms. The van der Waals surface area contributed by atoms with Gasteiger partial charge in [-0.05, 0) is 29.3 Å². The molecule has 2 aromatic carbocycles. The van der Waals surface area contributed by atoms with Gasteiger partial charge in [-0.2, -0.15) is 0 Å². The molecule has 13 heavy (non-hydrogen) atoms. The molecule has 0 atom stereocenters. The van der Waals surface area contributed by atoms with Crippen LogP contribution in [-0.2, 0) is 0 Å². The molecule has 0 radical (unpaired) electrons. The van der Waals surface area contributed by atoms with Gasteiger partial charge in [0.25, 0.3) is 0 Å². The van der Waals surface area contributed by atoms with E-state index >= 15 is 0 Å². The van der Waals surface area contributed by atoms with Gasteiger partial charge in [0, 0.05) is 0 Å². The third kappa shape index (κ3) is 1.25. The maximum atomic E-state index is 5.39. The summed E-state index contributed by atoms with van der Waals surface area (Å²) in [7, 11) is 0. The second-order valence-corrected chi connectivity index (χ2v) is 3.10. The van der Waals surface area contributed by atoms with E-state index in [0.717, 1.165) is 5.69 Å². The molecule has 2 nitrogen and oxygen atoms in total. The Kier molecular flexibility index (Phi) is 1.91. The molecule has 0 spiro atoms. The van der Waals surface area contributed by atoms with Crippen molar-refractivity contribution < 1.29 is 0 Å². The molecule has 0 amide bonds. The zero-order valence-corrected chi connectivity index (χ0v) is 7.54. The molecular formula is C11H12N2. The number of anilines is 1. The summed E-state index contributed by atoms with van der Waals surface area (Å²) in [5.74, 6) is 5.39. The minimum absolute atomic E-state index is 0.985. The normalized spacial score (nSPS) is 10.3. The van der Waals surface area contributed by atoms with Gasteiger partial charge in [-0.3, -0.25) is 5.84 Å². The van der Waals surface area contributed by atoms with Crippen LogP contribution < -0.4 is 11.3 Å². The Morgan fingerprint density at radius 2 is 1.85 bits per heavy atom. The number of hydrogen-bond donors (Lipinski definition) is 2. The van der Waals surface area contributed by atoms with E-state index in [4.69, 9.17) is 5.84 Å². The molecule has 0 aliphatic carbocycles. The predicted octanol–water partition coefficient (Wildman–Crippen LogP) is 2.43. The summed E-state index contributed by atoms with van der Waals surface area (Å²) < 4.78 is 0. The van der Waals surface area contributed by atoms with Crippen molar-refractivity contribution in [2.45, 2.75) is 6.92 Å². The molecule has 0 aromatic heterocycles. The van der Waals surface area contributed by atoms with E-state index in [1.165, 1.54) is 16.3 Å². The van der Waals surface area contributed by atoms with Crippen LogP contribution in [0.2, 0.25) is 0 Å². The van der Waals surface area contributed by atoms with Crippen molar-refractivity contribution in [3.05, 3.63) is 42.0 Å². The van der Waals surface area contributed by atoms with Crippen molar-refractivity contribution in [2.24, 2.45) is 5.84 Å². The fourth-order valence-electron chi connectivity index (χ4n) is 1.58. The molecule has 2 rings (SSSR count). The summed E-state index contributed by atoms with van der Waals surface area (Å²) in [4.78, 5) is 0. The molecule has 0 aliphatic rings. The molecule has 0 aliphatic heterocycles. The van der Waals surface area contributed by atoms with Gasteiger partial charge in [0.2, 0.25) is 0 Å². The van der Waals surface area contributed by atoms with E-state index in [1.54, 1.807) is 0 Å². The SMILES string of the molecule is Cc1c(NN)ccc2ccccc12. The highest BCUT2D eigenvalue weighted by molar-refractivity contribution is 5.89. The third-order valence-corrected chi connectivity index (χ3v) is 2.35. The summed E-state index contributed by atoms with van der Waals surface area (Å²) in [5.41, 5.74) is 4.87. The van der Waals surface area contributed by atoms with Crippen molar-refractivity contribution in [3.63, 3.8) is 0 Å². The number of aryl methyl sites for hydroxylation is 1. The molecule has 0 fully saturated rings. The number of nitrogens with two attached hydrogens (primary N) is 1. The van der Waals surface area contributed by atoms with Gasteiger partial charge in [-0.1, -0.05) is 30.3 Å². The zero-order chi connectivity index (χ0) is 9.26. The smallest absolute Gasteiger partial charge is 0.0520 e. The lowest BCUT2D eigenvalue weighted by atomic mass is 10.0. The molecule has 2 heteroatoms. The van der Waals surface area contributed by atoms with E-state index in [1.807, 2.05) is 18.2 Å². The monoisotopic (exact) mass is 172 g/mol. The Labute approximate surface area is 77.3 Å². The average Bonchev–Trinajstić information content (AvgIpc) is 2.19. The van der Waals surface area contributed by atoms with Crippen molar-refractivity contribution in [1.82, 2.24) is 0 Å². The summed E-state index contributed by atoms with van der Waals surface area (Å²) in [6, 6.07) is 12.3. The molecule has 2 aromatic rings. The first-order valence-electron chi connectivity index (χ1n) is 4.28. The first kappa shape index (κ1) is 8.08. The molecule has 66 valence electrons. The average molecular weight is 172 g/mol. The van der Waals surface area contributed by atoms with Gasteiger partial charge < -0.3 is 5.43 Å². The molecular weight excluding hydrogens is 160 g/mol. The van der Waals surface area contributed by atoms with Crippen molar-refractivity contribution >= 4 is 16.5 Å². The van der Waals surface area contributed by atoms with Crippen LogP contribution >= 0.6 is 0 Å². The van der Waals surface area contributed by atoms with Gasteiger partial charge >= 0.3 is 0 Å². The number of benzene rings is 2. The minimum Gasteiger partial charge on any atom is -0.324 e. The predicted molar refractivity (Wildman–Crippen MR) is 56.5 cm³/mol. The second-order valence-electron chi connectivity index (χ2n) is 3.10. The fourth-order valence-corrected chi connectivity index (χ4v) is 1.58. The van der Waals surface area contributed by atoms with Crippen LogP contribution in [0.1, 0.15) is 5.56 Å². The van der Waals surface area contributed by atoms with Gasteiger partial charge in [0.05, 0.1) is 5.69 Å². The van der Waals surface area contributed by atoms with Crippen LogP contribution in [-0.4, -0.2) is 0 Å². The maximum Gasteiger partial charge on any atom is 0.0520 e. The molecule has 0 saturated heterocycles. The number of rotatable bonds is 1. The van der Waals surface area contributed by atoms with Crippen LogP contribution in [0.5, 0.6) is 0 Å². The van der Waals surface area contributed by atoms with E-state index < -0.39 is 0 Å². The Morgan fingerprint density at radius 1 is 1.08 bits per heavy atom. The summed E-state index contributed by atoms with van der Waals surface area (Å²) in [6.45, 7) is 2.07. The molecule has 0 saturated carbocycles. The minimum atomic E-state index is 0.985. The Morgan fingerprint density at radius 3 is 2.62 bits per heavy atom. The molecule has 0 unspecified atom stereocenters. The van der Waals surface area contributed by atoms with E-state index in [9.17, 15) is 0 Å². The topological polar surface area (TPSA) is 38.0 Å². The Balaban J connectivity index is 2.79. The lowest BCUT2D eigenvalue weighted by molar-refractivity contribution is 1.33. The van der Waals surface area contributed by atoms with Crippen LogP contribution in [0.25, 0.3) is 10.8 Å². The number of hydrogen-bond acceptors (Lipinski definition) is 2. The van der Waals surface area contributed by atoms with Gasteiger partial charge in [0.1, 0.15) is 0 Å². The van der Waals surface area contributed by atoms with E-state index in [-0.39, 0.29) is 0 Å². The van der Waals surface area contributed by atoms with Crippen LogP contribution in [0.3, 0.4) is 0 Å². The summed E-state index contributed by atoms with van der Waals surface area (Å²) in [6.07, 6.45) is 0. The number of hydrazine groups is 1. The molecule has 0 heterocycles. The number of fused-ring (bicyclic) bond motifs is 1. The largest absolute Gasteiger partial charge is 0.324 e. The first-order valence-corrected chi connectivity index (χ1v) is 4.28.